The van der Waals surface area contributed by atoms with Crippen molar-refractivity contribution >= 4 is 33.6 Å². The number of hydrogen-bond acceptors (Lipinski definition) is 2. The van der Waals surface area contributed by atoms with Crippen LogP contribution in [0.5, 0.6) is 0 Å². The first-order valence-electron chi connectivity index (χ1n) is 7.58. The van der Waals surface area contributed by atoms with Gasteiger partial charge in [0, 0.05) is 34.0 Å². The largest absolute Gasteiger partial charge is 0.447 e. The molecule has 0 atom stereocenters. The number of hydrogen-bond donors (Lipinski definition) is 1. The number of nitrogens with one attached hydrogen (secondary N) is 1. The Labute approximate surface area is 129 Å². The van der Waals surface area contributed by atoms with E-state index >= 15 is 0 Å². The van der Waals surface area contributed by atoms with Gasteiger partial charge in [0.25, 0.3) is 0 Å². The Morgan fingerprint density at radius 2 is 1.86 bits per heavy atom. The fraction of sp³-hybridized carbons (Fsp3) is 0.278. The lowest BCUT2D eigenvalue weighted by molar-refractivity contribution is 0.130. The third-order valence-electron chi connectivity index (χ3n) is 3.68. The summed E-state index contributed by atoms with van der Waals surface area (Å²) >= 11 is 0. The van der Waals surface area contributed by atoms with E-state index in [-0.39, 0.29) is 6.10 Å². The lowest BCUT2D eigenvalue weighted by Gasteiger charge is -2.09. The van der Waals surface area contributed by atoms with E-state index in [1.807, 2.05) is 44.2 Å². The van der Waals surface area contributed by atoms with E-state index in [1.165, 1.54) is 16.4 Å². The zero-order chi connectivity index (χ0) is 15.7. The Morgan fingerprint density at radius 1 is 1.14 bits per heavy atom. The number of carbonyl (C=O) groups excluding carboxylic acids is 1. The molecule has 4 heteroatoms. The molecule has 0 spiro atoms. The molecule has 0 aliphatic heterocycles. The Balaban J connectivity index is 2.06. The second kappa shape index (κ2) is 5.72. The maximum Gasteiger partial charge on any atom is 0.411 e. The number of ether oxygens (including phenoxy) is 1. The van der Waals surface area contributed by atoms with E-state index < -0.39 is 6.09 Å². The van der Waals surface area contributed by atoms with Gasteiger partial charge in [-0.3, -0.25) is 5.32 Å². The average molecular weight is 296 g/mol. The van der Waals surface area contributed by atoms with Crippen molar-refractivity contribution in [1.29, 1.82) is 0 Å². The van der Waals surface area contributed by atoms with Crippen molar-refractivity contribution in [1.82, 2.24) is 4.57 Å². The highest BCUT2D eigenvalue weighted by Gasteiger charge is 2.11. The second-order valence-corrected chi connectivity index (χ2v) is 5.57. The molecule has 0 aliphatic rings. The number of benzene rings is 2. The third kappa shape index (κ3) is 2.52. The van der Waals surface area contributed by atoms with Crippen molar-refractivity contribution in [3.8, 4) is 0 Å². The molecule has 4 nitrogen and oxygen atoms in total. The van der Waals surface area contributed by atoms with Crippen LogP contribution < -0.4 is 5.32 Å². The normalized spacial score (nSPS) is 11.3. The Bertz CT molecular complexity index is 834. The van der Waals surface area contributed by atoms with E-state index in [0.29, 0.717) is 0 Å². The van der Waals surface area contributed by atoms with Gasteiger partial charge >= 0.3 is 6.09 Å². The van der Waals surface area contributed by atoms with E-state index in [2.05, 4.69) is 28.9 Å². The lowest BCUT2D eigenvalue weighted by atomic mass is 10.1. The van der Waals surface area contributed by atoms with Gasteiger partial charge in [0.15, 0.2) is 0 Å². The van der Waals surface area contributed by atoms with Crippen molar-refractivity contribution < 1.29 is 9.53 Å². The predicted molar refractivity (Wildman–Crippen MR) is 90.4 cm³/mol. The van der Waals surface area contributed by atoms with E-state index in [4.69, 9.17) is 4.74 Å². The van der Waals surface area contributed by atoms with Gasteiger partial charge in [0.05, 0.1) is 6.10 Å². The summed E-state index contributed by atoms with van der Waals surface area (Å²) in [6, 6.07) is 14.3. The fourth-order valence-electron chi connectivity index (χ4n) is 2.83. The summed E-state index contributed by atoms with van der Waals surface area (Å²) in [4.78, 5) is 11.7. The van der Waals surface area contributed by atoms with Crippen molar-refractivity contribution in [2.24, 2.45) is 0 Å². The molecule has 3 rings (SSSR count). The van der Waals surface area contributed by atoms with Gasteiger partial charge < -0.3 is 9.30 Å². The highest BCUT2D eigenvalue weighted by atomic mass is 16.6. The molecule has 0 unspecified atom stereocenters. The summed E-state index contributed by atoms with van der Waals surface area (Å²) < 4.78 is 7.40. The molecule has 22 heavy (non-hydrogen) atoms. The fourth-order valence-corrected chi connectivity index (χ4v) is 2.83. The number of anilines is 1. The van der Waals surface area contributed by atoms with Gasteiger partial charge in [-0.2, -0.15) is 0 Å². The first kappa shape index (κ1) is 14.4. The van der Waals surface area contributed by atoms with Crippen molar-refractivity contribution in [3.05, 3.63) is 42.5 Å². The molecule has 114 valence electrons. The van der Waals surface area contributed by atoms with Crippen LogP contribution in [0.3, 0.4) is 0 Å². The second-order valence-electron chi connectivity index (χ2n) is 5.57. The van der Waals surface area contributed by atoms with E-state index in [0.717, 1.165) is 17.6 Å². The van der Waals surface area contributed by atoms with Crippen molar-refractivity contribution in [2.45, 2.75) is 33.4 Å². The summed E-state index contributed by atoms with van der Waals surface area (Å²) in [5, 5.41) is 5.12. The zero-order valence-electron chi connectivity index (χ0n) is 13.1. The maximum absolute atomic E-state index is 11.7. The summed E-state index contributed by atoms with van der Waals surface area (Å²) in [5.41, 5.74) is 3.13. The Kier molecular flexibility index (Phi) is 3.75. The zero-order valence-corrected chi connectivity index (χ0v) is 13.1. The van der Waals surface area contributed by atoms with Gasteiger partial charge in [0.2, 0.25) is 0 Å². The standard InChI is InChI=1S/C18H20N2O2/c1-4-20-16-8-6-5-7-14(16)15-11-13(9-10-17(15)20)19-18(21)22-12(2)3/h5-12H,4H2,1-3H3,(H,19,21). The summed E-state index contributed by atoms with van der Waals surface area (Å²) in [7, 11) is 0. The predicted octanol–water partition coefficient (Wildman–Crippen LogP) is 4.77. The maximum atomic E-state index is 11.7. The van der Waals surface area contributed by atoms with Crippen LogP contribution in [0, 0.1) is 0 Å². The van der Waals surface area contributed by atoms with Gasteiger partial charge in [-0.1, -0.05) is 18.2 Å². The molecule has 0 bridgehead atoms. The number of aryl methyl sites for hydroxylation is 1. The first-order valence-corrected chi connectivity index (χ1v) is 7.58. The number of rotatable bonds is 3. The monoisotopic (exact) mass is 296 g/mol. The highest BCUT2D eigenvalue weighted by Crippen LogP contribution is 2.30. The molecule has 0 radical (unpaired) electrons. The highest BCUT2D eigenvalue weighted by molar-refractivity contribution is 6.09. The molecular weight excluding hydrogens is 276 g/mol. The van der Waals surface area contributed by atoms with Crippen LogP contribution in [0.2, 0.25) is 0 Å². The molecule has 1 aromatic heterocycles. The minimum Gasteiger partial charge on any atom is -0.447 e. The Hall–Kier alpha value is -2.49. The van der Waals surface area contributed by atoms with Gasteiger partial charge in [-0.05, 0) is 45.0 Å². The van der Waals surface area contributed by atoms with Crippen LogP contribution in [0.4, 0.5) is 10.5 Å². The number of para-hydroxylation sites is 1. The number of fused-ring (bicyclic) bond motifs is 3. The smallest absolute Gasteiger partial charge is 0.411 e. The molecule has 1 N–H and O–H groups in total. The summed E-state index contributed by atoms with van der Waals surface area (Å²) in [6.45, 7) is 6.71. The molecule has 2 aromatic carbocycles. The number of amides is 1. The van der Waals surface area contributed by atoms with Crippen LogP contribution in [0.25, 0.3) is 21.8 Å². The molecule has 0 saturated carbocycles. The molecule has 1 amide bonds. The van der Waals surface area contributed by atoms with Gasteiger partial charge in [-0.15, -0.1) is 0 Å². The van der Waals surface area contributed by atoms with Crippen LogP contribution in [0.15, 0.2) is 42.5 Å². The van der Waals surface area contributed by atoms with Crippen LogP contribution >= 0.6 is 0 Å². The van der Waals surface area contributed by atoms with Gasteiger partial charge in [-0.25, -0.2) is 4.79 Å². The van der Waals surface area contributed by atoms with Gasteiger partial charge in [0.1, 0.15) is 0 Å². The molecule has 0 fully saturated rings. The lowest BCUT2D eigenvalue weighted by Crippen LogP contribution is -2.17. The number of nitrogens with zero attached hydrogens (tertiary/aromatic N) is 1. The van der Waals surface area contributed by atoms with Crippen LogP contribution in [-0.2, 0) is 11.3 Å². The minimum absolute atomic E-state index is 0.134. The van der Waals surface area contributed by atoms with E-state index in [1.54, 1.807) is 0 Å². The molecule has 3 aromatic rings. The molecule has 1 heterocycles. The summed E-state index contributed by atoms with van der Waals surface area (Å²) in [6.07, 6.45) is -0.556. The van der Waals surface area contributed by atoms with Crippen molar-refractivity contribution in [2.75, 3.05) is 5.32 Å². The van der Waals surface area contributed by atoms with Crippen LogP contribution in [0.1, 0.15) is 20.8 Å². The quantitative estimate of drug-likeness (QED) is 0.756. The molecule has 0 saturated heterocycles. The topological polar surface area (TPSA) is 43.3 Å². The third-order valence-corrected chi connectivity index (χ3v) is 3.68. The minimum atomic E-state index is -0.423. The first-order chi connectivity index (χ1) is 10.6. The van der Waals surface area contributed by atoms with Crippen LogP contribution in [-0.4, -0.2) is 16.8 Å². The van der Waals surface area contributed by atoms with Crippen molar-refractivity contribution in [3.63, 3.8) is 0 Å². The molecular formula is C18H20N2O2. The SMILES string of the molecule is CCn1c2ccccc2c2cc(NC(=O)OC(C)C)ccc21. The number of aromatic nitrogens is 1. The Morgan fingerprint density at radius 3 is 2.59 bits per heavy atom. The average Bonchev–Trinajstić information content (AvgIpc) is 2.79. The number of carbonyl (C=O) groups is 1. The molecule has 0 aliphatic carbocycles. The summed E-state index contributed by atoms with van der Waals surface area (Å²) in [5.74, 6) is 0. The van der Waals surface area contributed by atoms with E-state index in [9.17, 15) is 4.79 Å².